The average Bonchev–Trinajstić information content (AvgIpc) is 3.51. The number of imidazole rings is 1. The number of hydrogen-bond acceptors (Lipinski definition) is 5. The van der Waals surface area contributed by atoms with Crippen molar-refractivity contribution in [3.05, 3.63) is 115 Å². The molecular formula is C26H23N5O3S. The van der Waals surface area contributed by atoms with Crippen LogP contribution in [0.5, 0.6) is 0 Å². The van der Waals surface area contributed by atoms with Crippen LogP contribution < -0.4 is 16.6 Å². The van der Waals surface area contributed by atoms with Crippen molar-refractivity contribution in [3.8, 4) is 0 Å². The van der Waals surface area contributed by atoms with Gasteiger partial charge in [0.2, 0.25) is 5.91 Å². The molecule has 0 fully saturated rings. The summed E-state index contributed by atoms with van der Waals surface area (Å²) >= 11 is 1.55. The third kappa shape index (κ3) is 4.85. The van der Waals surface area contributed by atoms with Gasteiger partial charge in [0.25, 0.3) is 5.56 Å². The summed E-state index contributed by atoms with van der Waals surface area (Å²) in [7, 11) is 0. The minimum absolute atomic E-state index is 0.134. The zero-order valence-electron chi connectivity index (χ0n) is 19.0. The van der Waals surface area contributed by atoms with Gasteiger partial charge in [-0.05, 0) is 34.7 Å². The predicted octanol–water partition coefficient (Wildman–Crippen LogP) is 3.59. The van der Waals surface area contributed by atoms with E-state index >= 15 is 0 Å². The molecule has 0 bridgehead atoms. The minimum atomic E-state index is -0.393. The SMILES string of the molecule is CC(=O)Nc1ccc(Cc2nc3c([nH]2)c(=O)n(Cc2ccccc2)c(=O)n3Cc2cccs2)cc1. The molecule has 2 aromatic carbocycles. The molecule has 2 N–H and O–H groups in total. The van der Waals surface area contributed by atoms with E-state index in [1.165, 1.54) is 11.5 Å². The van der Waals surface area contributed by atoms with Gasteiger partial charge in [0.15, 0.2) is 5.65 Å². The molecule has 0 spiro atoms. The highest BCUT2D eigenvalue weighted by molar-refractivity contribution is 7.09. The van der Waals surface area contributed by atoms with Gasteiger partial charge in [0.1, 0.15) is 11.3 Å². The molecule has 176 valence electrons. The summed E-state index contributed by atoms with van der Waals surface area (Å²) in [6, 6.07) is 20.8. The van der Waals surface area contributed by atoms with E-state index in [0.29, 0.717) is 35.6 Å². The van der Waals surface area contributed by atoms with Crippen LogP contribution in [-0.4, -0.2) is 25.0 Å². The number of carbonyl (C=O) groups is 1. The molecule has 5 rings (SSSR count). The first kappa shape index (κ1) is 22.5. The van der Waals surface area contributed by atoms with E-state index in [1.807, 2.05) is 72.1 Å². The fourth-order valence-electron chi connectivity index (χ4n) is 4.01. The summed E-state index contributed by atoms with van der Waals surface area (Å²) in [5.74, 6) is 0.451. The Morgan fingerprint density at radius 1 is 0.943 bits per heavy atom. The quantitative estimate of drug-likeness (QED) is 0.368. The van der Waals surface area contributed by atoms with E-state index in [1.54, 1.807) is 15.9 Å². The number of anilines is 1. The van der Waals surface area contributed by atoms with Crippen molar-refractivity contribution >= 4 is 34.1 Å². The van der Waals surface area contributed by atoms with Gasteiger partial charge in [0.05, 0.1) is 13.1 Å². The van der Waals surface area contributed by atoms with Crippen LogP contribution >= 0.6 is 11.3 Å². The number of carbonyl (C=O) groups excluding carboxylic acids is 1. The van der Waals surface area contributed by atoms with Crippen molar-refractivity contribution in [1.29, 1.82) is 0 Å². The molecule has 0 aliphatic carbocycles. The number of H-pyrrole nitrogens is 1. The average molecular weight is 486 g/mol. The van der Waals surface area contributed by atoms with Crippen molar-refractivity contribution in [3.63, 3.8) is 0 Å². The fraction of sp³-hybridized carbons (Fsp3) is 0.154. The van der Waals surface area contributed by atoms with Crippen LogP contribution in [0.4, 0.5) is 5.69 Å². The topological polar surface area (TPSA) is 102 Å². The molecule has 35 heavy (non-hydrogen) atoms. The van der Waals surface area contributed by atoms with E-state index in [9.17, 15) is 14.4 Å². The summed E-state index contributed by atoms with van der Waals surface area (Å²) in [4.78, 5) is 46.9. The summed E-state index contributed by atoms with van der Waals surface area (Å²) in [5, 5.41) is 4.70. The largest absolute Gasteiger partial charge is 0.336 e. The summed E-state index contributed by atoms with van der Waals surface area (Å²) in [6.45, 7) is 1.97. The highest BCUT2D eigenvalue weighted by Crippen LogP contribution is 2.16. The van der Waals surface area contributed by atoms with Crippen LogP contribution in [0.3, 0.4) is 0 Å². The lowest BCUT2D eigenvalue weighted by molar-refractivity contribution is -0.114. The molecule has 0 aliphatic heterocycles. The molecule has 3 aromatic heterocycles. The Hall–Kier alpha value is -4.24. The monoisotopic (exact) mass is 485 g/mol. The van der Waals surface area contributed by atoms with Crippen LogP contribution in [-0.2, 0) is 24.3 Å². The number of nitrogens with zero attached hydrogens (tertiary/aromatic N) is 3. The zero-order valence-corrected chi connectivity index (χ0v) is 19.8. The molecule has 0 aliphatic rings. The zero-order chi connectivity index (χ0) is 24.4. The smallest absolute Gasteiger partial charge is 0.333 e. The number of hydrogen-bond donors (Lipinski definition) is 2. The Morgan fingerprint density at radius 3 is 2.40 bits per heavy atom. The van der Waals surface area contributed by atoms with E-state index in [0.717, 1.165) is 16.0 Å². The molecule has 0 saturated heterocycles. The van der Waals surface area contributed by atoms with Crippen molar-refractivity contribution in [1.82, 2.24) is 19.1 Å². The maximum absolute atomic E-state index is 13.5. The molecule has 3 heterocycles. The Labute approximate surface area is 204 Å². The van der Waals surface area contributed by atoms with Crippen LogP contribution in [0, 0.1) is 0 Å². The maximum Gasteiger partial charge on any atom is 0.333 e. The molecule has 8 nitrogen and oxygen atoms in total. The van der Waals surface area contributed by atoms with Crippen molar-refractivity contribution in [2.45, 2.75) is 26.4 Å². The molecule has 5 aromatic rings. The first-order valence-corrected chi connectivity index (χ1v) is 12.0. The lowest BCUT2D eigenvalue weighted by atomic mass is 10.1. The second kappa shape index (κ2) is 9.55. The second-order valence-electron chi connectivity index (χ2n) is 8.26. The van der Waals surface area contributed by atoms with Crippen molar-refractivity contribution < 1.29 is 4.79 Å². The Bertz CT molecular complexity index is 1600. The fourth-order valence-corrected chi connectivity index (χ4v) is 4.70. The van der Waals surface area contributed by atoms with E-state index < -0.39 is 11.2 Å². The predicted molar refractivity (Wildman–Crippen MR) is 137 cm³/mol. The molecular weight excluding hydrogens is 462 g/mol. The third-order valence-corrected chi connectivity index (χ3v) is 6.49. The summed E-state index contributed by atoms with van der Waals surface area (Å²) in [5.41, 5.74) is 2.40. The van der Waals surface area contributed by atoms with Gasteiger partial charge in [-0.3, -0.25) is 18.7 Å². The standard InChI is InChI=1S/C26H23N5O3S/c1-17(32)27-20-11-9-18(10-12-20)14-22-28-23-24(29-22)30(16-21-8-5-13-35-21)26(34)31(25(23)33)15-19-6-3-2-4-7-19/h2-13H,14-16H2,1H3,(H,27,32)(H,28,29). The number of benzene rings is 2. The van der Waals surface area contributed by atoms with Crippen LogP contribution in [0.25, 0.3) is 11.2 Å². The van der Waals surface area contributed by atoms with Crippen LogP contribution in [0.15, 0.2) is 81.7 Å². The minimum Gasteiger partial charge on any atom is -0.336 e. The normalized spacial score (nSPS) is 11.1. The van der Waals surface area contributed by atoms with Gasteiger partial charge in [-0.1, -0.05) is 48.5 Å². The van der Waals surface area contributed by atoms with Gasteiger partial charge in [0, 0.05) is 23.9 Å². The molecule has 9 heteroatoms. The number of aromatic amines is 1. The first-order chi connectivity index (χ1) is 17.0. The number of thiophene rings is 1. The van der Waals surface area contributed by atoms with Crippen molar-refractivity contribution in [2.75, 3.05) is 5.32 Å². The lowest BCUT2D eigenvalue weighted by Gasteiger charge is -2.10. The summed E-state index contributed by atoms with van der Waals surface area (Å²) < 4.78 is 2.82. The second-order valence-corrected chi connectivity index (χ2v) is 9.29. The molecule has 1 amide bonds. The number of amides is 1. The van der Waals surface area contributed by atoms with Gasteiger partial charge in [-0.2, -0.15) is 0 Å². The molecule has 0 saturated carbocycles. The first-order valence-electron chi connectivity index (χ1n) is 11.1. The maximum atomic E-state index is 13.5. The van der Waals surface area contributed by atoms with Crippen LogP contribution in [0.1, 0.15) is 28.8 Å². The van der Waals surface area contributed by atoms with E-state index in [2.05, 4.69) is 15.3 Å². The van der Waals surface area contributed by atoms with E-state index in [-0.39, 0.29) is 12.5 Å². The number of aromatic nitrogens is 4. The number of rotatable bonds is 7. The van der Waals surface area contributed by atoms with E-state index in [4.69, 9.17) is 0 Å². The van der Waals surface area contributed by atoms with Gasteiger partial charge in [-0.15, -0.1) is 11.3 Å². The highest BCUT2D eigenvalue weighted by Gasteiger charge is 2.18. The lowest BCUT2D eigenvalue weighted by Crippen LogP contribution is -2.40. The Kier molecular flexibility index (Phi) is 6.15. The number of fused-ring (bicyclic) bond motifs is 1. The van der Waals surface area contributed by atoms with Crippen LogP contribution in [0.2, 0.25) is 0 Å². The Morgan fingerprint density at radius 2 is 1.71 bits per heavy atom. The number of nitrogens with one attached hydrogen (secondary N) is 2. The Balaban J connectivity index is 1.56. The van der Waals surface area contributed by atoms with Gasteiger partial charge in [-0.25, -0.2) is 9.78 Å². The van der Waals surface area contributed by atoms with Gasteiger partial charge < -0.3 is 10.3 Å². The molecule has 0 radical (unpaired) electrons. The molecule has 0 unspecified atom stereocenters. The third-order valence-electron chi connectivity index (χ3n) is 5.63. The summed E-state index contributed by atoms with van der Waals surface area (Å²) in [6.07, 6.45) is 0.445. The van der Waals surface area contributed by atoms with Gasteiger partial charge >= 0.3 is 5.69 Å². The van der Waals surface area contributed by atoms with Crippen molar-refractivity contribution in [2.24, 2.45) is 0 Å². The molecule has 0 atom stereocenters. The highest BCUT2D eigenvalue weighted by atomic mass is 32.1.